The molecule has 0 saturated carbocycles. The van der Waals surface area contributed by atoms with E-state index in [1.165, 1.54) is 0 Å². The first kappa shape index (κ1) is 25.0. The van der Waals surface area contributed by atoms with Crippen molar-refractivity contribution < 1.29 is 13.9 Å². The van der Waals surface area contributed by atoms with E-state index in [1.54, 1.807) is 36.4 Å². The average molecular weight is 490 g/mol. The van der Waals surface area contributed by atoms with Crippen molar-refractivity contribution in [2.24, 2.45) is 5.73 Å². The summed E-state index contributed by atoms with van der Waals surface area (Å²) in [6.45, 7) is 10.1. The molecule has 1 atom stereocenters. The topological polar surface area (TPSA) is 109 Å². The van der Waals surface area contributed by atoms with Gasteiger partial charge in [0.15, 0.2) is 11.6 Å². The van der Waals surface area contributed by atoms with Gasteiger partial charge in [-0.25, -0.2) is 9.37 Å². The lowest BCUT2D eigenvalue weighted by Crippen LogP contribution is -2.18. The number of H-pyrrole nitrogens is 1. The Bertz CT molecular complexity index is 1360. The fraction of sp³-hybridized carbons (Fsp3) is 0.286. The number of ether oxygens (including phenoxy) is 2. The molecule has 4 rings (SSSR count). The van der Waals surface area contributed by atoms with Crippen molar-refractivity contribution >= 4 is 22.6 Å². The molecule has 8 heteroatoms. The minimum Gasteiger partial charge on any atom is -0.494 e. The molecule has 0 fully saturated rings. The first-order chi connectivity index (χ1) is 17.2. The summed E-state index contributed by atoms with van der Waals surface area (Å²) in [5.41, 5.74) is 11.2. The molecular formula is C28H32FN5O2. The molecule has 0 amide bonds. The molecule has 3 aromatic carbocycles. The molecule has 188 valence electrons. The lowest BCUT2D eigenvalue weighted by Gasteiger charge is -2.22. The molecule has 0 radical (unpaired) electrons. The van der Waals surface area contributed by atoms with Crippen molar-refractivity contribution in [3.8, 4) is 11.5 Å². The van der Waals surface area contributed by atoms with Gasteiger partial charge in [0.1, 0.15) is 23.5 Å². The molecule has 4 aromatic rings. The monoisotopic (exact) mass is 489 g/mol. The van der Waals surface area contributed by atoms with Gasteiger partial charge in [0.2, 0.25) is 0 Å². The van der Waals surface area contributed by atoms with Gasteiger partial charge in [0.05, 0.1) is 23.7 Å². The number of imidazole rings is 1. The number of anilines is 1. The summed E-state index contributed by atoms with van der Waals surface area (Å²) in [5.74, 6) is 0.664. The number of rotatable bonds is 9. The molecule has 7 nitrogen and oxygen atoms in total. The number of nitrogens with one attached hydrogen (secondary N) is 3. The van der Waals surface area contributed by atoms with Gasteiger partial charge in [0, 0.05) is 22.9 Å². The Morgan fingerprint density at radius 1 is 1.11 bits per heavy atom. The number of nitrogen functional groups attached to an aromatic ring is 1. The summed E-state index contributed by atoms with van der Waals surface area (Å²) in [6, 6.07) is 13.7. The van der Waals surface area contributed by atoms with Gasteiger partial charge >= 0.3 is 0 Å². The van der Waals surface area contributed by atoms with E-state index in [9.17, 15) is 0 Å². The van der Waals surface area contributed by atoms with Crippen LogP contribution in [0.25, 0.3) is 11.0 Å². The fourth-order valence-corrected chi connectivity index (χ4v) is 4.02. The van der Waals surface area contributed by atoms with Crippen LogP contribution in [0.3, 0.4) is 0 Å². The summed E-state index contributed by atoms with van der Waals surface area (Å²) in [7, 11) is 0. The van der Waals surface area contributed by atoms with E-state index in [4.69, 9.17) is 25.6 Å². The molecule has 0 spiro atoms. The standard InChI is InChI=1S/C28H32FN5O2/c1-6-35-20-13-21(25(29)24(14-20)36-15(2)3)26(32-19-9-7-18(8-10-19)27(30)31)28-33-22-11-16(4)17(5)12-23(22)34-28/h7-15,26,32H,6H2,1-5H3,(H3,30,31)(H,33,34). The second-order valence-corrected chi connectivity index (χ2v) is 9.07. The molecule has 0 bridgehead atoms. The number of aryl methyl sites for hydroxylation is 2. The van der Waals surface area contributed by atoms with E-state index in [0.29, 0.717) is 35.0 Å². The number of aromatic amines is 1. The second kappa shape index (κ2) is 10.3. The number of fused-ring (bicyclic) bond motifs is 1. The fourth-order valence-electron chi connectivity index (χ4n) is 4.02. The van der Waals surface area contributed by atoms with Crippen LogP contribution >= 0.6 is 0 Å². The number of nitrogens with two attached hydrogens (primary N) is 1. The first-order valence-corrected chi connectivity index (χ1v) is 12.0. The van der Waals surface area contributed by atoms with Gasteiger partial charge in [0.25, 0.3) is 0 Å². The third-order valence-electron chi connectivity index (χ3n) is 5.92. The van der Waals surface area contributed by atoms with Gasteiger partial charge in [-0.05, 0) is 88.2 Å². The van der Waals surface area contributed by atoms with Crippen LogP contribution in [-0.4, -0.2) is 28.5 Å². The molecular weight excluding hydrogens is 457 g/mol. The molecule has 1 unspecified atom stereocenters. The highest BCUT2D eigenvalue weighted by molar-refractivity contribution is 5.95. The third-order valence-corrected chi connectivity index (χ3v) is 5.92. The molecule has 36 heavy (non-hydrogen) atoms. The van der Waals surface area contributed by atoms with Gasteiger partial charge in [-0.2, -0.15) is 0 Å². The van der Waals surface area contributed by atoms with Crippen molar-refractivity contribution in [3.05, 3.63) is 82.4 Å². The van der Waals surface area contributed by atoms with E-state index in [0.717, 1.165) is 22.2 Å². The van der Waals surface area contributed by atoms with E-state index in [1.807, 2.05) is 46.8 Å². The quantitative estimate of drug-likeness (QED) is 0.171. The average Bonchev–Trinajstić information content (AvgIpc) is 3.22. The SMILES string of the molecule is CCOc1cc(OC(C)C)c(F)c(C(Nc2ccc(C(=N)N)cc2)c2nc3cc(C)c(C)cc3[nH]2)c1. The number of halogens is 1. The van der Waals surface area contributed by atoms with E-state index >= 15 is 4.39 Å². The number of nitrogens with zero attached hydrogens (tertiary/aromatic N) is 1. The van der Waals surface area contributed by atoms with Crippen LogP contribution in [0.5, 0.6) is 11.5 Å². The summed E-state index contributed by atoms with van der Waals surface area (Å²) >= 11 is 0. The van der Waals surface area contributed by atoms with Crippen LogP contribution in [0.2, 0.25) is 0 Å². The highest BCUT2D eigenvalue weighted by Crippen LogP contribution is 2.36. The molecule has 0 aliphatic heterocycles. The normalized spacial score (nSPS) is 12.1. The van der Waals surface area contributed by atoms with E-state index < -0.39 is 11.9 Å². The molecule has 1 heterocycles. The lowest BCUT2D eigenvalue weighted by atomic mass is 10.0. The van der Waals surface area contributed by atoms with Crippen LogP contribution in [0, 0.1) is 25.1 Å². The van der Waals surface area contributed by atoms with Crippen LogP contribution in [-0.2, 0) is 0 Å². The number of benzene rings is 3. The summed E-state index contributed by atoms with van der Waals surface area (Å²) in [4.78, 5) is 8.20. The number of hydrogen-bond acceptors (Lipinski definition) is 5. The molecule has 5 N–H and O–H groups in total. The van der Waals surface area contributed by atoms with Gasteiger partial charge < -0.3 is 25.5 Å². The van der Waals surface area contributed by atoms with Gasteiger partial charge in [-0.15, -0.1) is 0 Å². The number of hydrogen-bond donors (Lipinski definition) is 4. The van der Waals surface area contributed by atoms with Crippen LogP contribution in [0.15, 0.2) is 48.5 Å². The zero-order valence-corrected chi connectivity index (χ0v) is 21.2. The summed E-state index contributed by atoms with van der Waals surface area (Å²) in [6.07, 6.45) is -0.216. The van der Waals surface area contributed by atoms with Crippen molar-refractivity contribution in [2.75, 3.05) is 11.9 Å². The highest BCUT2D eigenvalue weighted by Gasteiger charge is 2.26. The molecule has 0 aliphatic rings. The number of amidine groups is 1. The van der Waals surface area contributed by atoms with Crippen molar-refractivity contribution in [1.29, 1.82) is 5.41 Å². The largest absolute Gasteiger partial charge is 0.494 e. The number of aromatic nitrogens is 2. The molecule has 1 aromatic heterocycles. The van der Waals surface area contributed by atoms with Crippen LogP contribution < -0.4 is 20.5 Å². The molecule has 0 saturated heterocycles. The summed E-state index contributed by atoms with van der Waals surface area (Å²) in [5, 5.41) is 11.1. The predicted molar refractivity (Wildman–Crippen MR) is 142 cm³/mol. The Labute approximate surface area is 210 Å². The van der Waals surface area contributed by atoms with E-state index in [-0.39, 0.29) is 17.7 Å². The Kier molecular flexibility index (Phi) is 7.15. The Morgan fingerprint density at radius 2 is 1.81 bits per heavy atom. The van der Waals surface area contributed by atoms with Gasteiger partial charge in [-0.1, -0.05) is 0 Å². The zero-order chi connectivity index (χ0) is 26.0. The van der Waals surface area contributed by atoms with Crippen LogP contribution in [0.4, 0.5) is 10.1 Å². The van der Waals surface area contributed by atoms with E-state index in [2.05, 4.69) is 10.3 Å². The molecule has 0 aliphatic carbocycles. The minimum absolute atomic E-state index is 0.0212. The smallest absolute Gasteiger partial charge is 0.171 e. The predicted octanol–water partition coefficient (Wildman–Crippen LogP) is 5.99. The Balaban J connectivity index is 1.87. The maximum absolute atomic E-state index is 15.9. The summed E-state index contributed by atoms with van der Waals surface area (Å²) < 4.78 is 27.5. The maximum atomic E-state index is 15.9. The highest BCUT2D eigenvalue weighted by atomic mass is 19.1. The van der Waals surface area contributed by atoms with Crippen molar-refractivity contribution in [3.63, 3.8) is 0 Å². The third kappa shape index (κ3) is 5.27. The van der Waals surface area contributed by atoms with Crippen molar-refractivity contribution in [2.45, 2.75) is 46.8 Å². The Hall–Kier alpha value is -4.07. The second-order valence-electron chi connectivity index (χ2n) is 9.07. The minimum atomic E-state index is -0.684. The zero-order valence-electron chi connectivity index (χ0n) is 21.2. The van der Waals surface area contributed by atoms with Crippen LogP contribution in [0.1, 0.15) is 54.9 Å². The van der Waals surface area contributed by atoms with Crippen molar-refractivity contribution in [1.82, 2.24) is 9.97 Å². The lowest BCUT2D eigenvalue weighted by molar-refractivity contribution is 0.228. The maximum Gasteiger partial charge on any atom is 0.171 e. The first-order valence-electron chi connectivity index (χ1n) is 12.0. The van der Waals surface area contributed by atoms with Gasteiger partial charge in [-0.3, -0.25) is 5.41 Å². The Morgan fingerprint density at radius 3 is 2.44 bits per heavy atom.